The van der Waals surface area contributed by atoms with Gasteiger partial charge in [0.15, 0.2) is 0 Å². The summed E-state index contributed by atoms with van der Waals surface area (Å²) in [5, 5.41) is 4.28. The highest BCUT2D eigenvalue weighted by molar-refractivity contribution is 8.00. The van der Waals surface area contributed by atoms with Gasteiger partial charge < -0.3 is 29.1 Å². The van der Waals surface area contributed by atoms with Crippen molar-refractivity contribution in [2.24, 2.45) is 0 Å². The number of ether oxygens (including phenoxy) is 4. The molecule has 0 spiro atoms. The molecule has 0 bridgehead atoms. The maximum absolute atomic E-state index is 11.8. The summed E-state index contributed by atoms with van der Waals surface area (Å²) in [5.41, 5.74) is 0. The van der Waals surface area contributed by atoms with Gasteiger partial charge in [0.25, 0.3) is 0 Å². The normalized spacial score (nSPS) is 18.8. The average Bonchev–Trinajstić information content (AvgIpc) is 2.69. The quantitative estimate of drug-likeness (QED) is 0.302. The molecule has 8 nitrogen and oxygen atoms in total. The van der Waals surface area contributed by atoms with E-state index in [1.165, 1.54) is 6.92 Å². The summed E-state index contributed by atoms with van der Waals surface area (Å²) in [5.74, 6) is -0.437. The largest absolute Gasteiger partial charge is 0.463 e. The van der Waals surface area contributed by atoms with E-state index in [1.54, 1.807) is 0 Å². The summed E-state index contributed by atoms with van der Waals surface area (Å²) in [6.45, 7) is 7.51. The van der Waals surface area contributed by atoms with Crippen molar-refractivity contribution in [1.29, 1.82) is 0 Å². The summed E-state index contributed by atoms with van der Waals surface area (Å²) in [4.78, 5) is 33.9. The van der Waals surface area contributed by atoms with E-state index in [2.05, 4.69) is 19.2 Å². The monoisotopic (exact) mass is 447 g/mol. The van der Waals surface area contributed by atoms with E-state index >= 15 is 0 Å². The van der Waals surface area contributed by atoms with Crippen LogP contribution in [0.25, 0.3) is 0 Å². The Morgan fingerprint density at radius 2 is 1.43 bits per heavy atom. The molecule has 1 saturated carbocycles. The SMILES string of the molecule is CC(=O)CCC(=O)OCCOCCOCCOC(=O)NC1CCC(SC(C)C)CC1. The number of hydrogen-bond donors (Lipinski definition) is 1. The highest BCUT2D eigenvalue weighted by Gasteiger charge is 2.23. The number of rotatable bonds is 15. The molecule has 0 aromatic heterocycles. The molecule has 0 saturated heterocycles. The Kier molecular flexibility index (Phi) is 14.6. The zero-order valence-corrected chi connectivity index (χ0v) is 19.3. The molecule has 174 valence electrons. The third-order valence-corrected chi connectivity index (χ3v) is 5.87. The van der Waals surface area contributed by atoms with Gasteiger partial charge in [-0.05, 0) is 37.9 Å². The van der Waals surface area contributed by atoms with Crippen LogP contribution in [0.15, 0.2) is 0 Å². The number of carbonyl (C=O) groups excluding carboxylic acids is 3. The molecule has 1 rings (SSSR count). The lowest BCUT2D eigenvalue weighted by atomic mass is 9.95. The van der Waals surface area contributed by atoms with Crippen LogP contribution >= 0.6 is 11.8 Å². The topological polar surface area (TPSA) is 100 Å². The number of esters is 1. The predicted octanol–water partition coefficient (Wildman–Crippen LogP) is 3.11. The van der Waals surface area contributed by atoms with Crippen LogP contribution in [0, 0.1) is 0 Å². The molecular formula is C21H37NO7S. The van der Waals surface area contributed by atoms with Crippen LogP contribution in [0.1, 0.15) is 59.3 Å². The molecule has 0 aromatic carbocycles. The molecule has 0 heterocycles. The minimum atomic E-state index is -0.400. The molecule has 0 aliphatic heterocycles. The number of ketones is 1. The first kappa shape index (κ1) is 26.7. The molecule has 1 N–H and O–H groups in total. The van der Waals surface area contributed by atoms with Crippen LogP contribution in [0.5, 0.6) is 0 Å². The summed E-state index contributed by atoms with van der Waals surface area (Å²) >= 11 is 2.02. The van der Waals surface area contributed by atoms with E-state index in [-0.39, 0.29) is 50.6 Å². The van der Waals surface area contributed by atoms with Crippen molar-refractivity contribution >= 4 is 29.6 Å². The van der Waals surface area contributed by atoms with Gasteiger partial charge in [-0.15, -0.1) is 0 Å². The minimum absolute atomic E-state index is 0.0368. The van der Waals surface area contributed by atoms with Crippen molar-refractivity contribution < 1.29 is 33.3 Å². The third kappa shape index (κ3) is 14.6. The van der Waals surface area contributed by atoms with Gasteiger partial charge in [0, 0.05) is 17.7 Å². The first-order valence-electron chi connectivity index (χ1n) is 10.8. The van der Waals surface area contributed by atoms with Gasteiger partial charge in [-0.2, -0.15) is 11.8 Å². The molecule has 0 aromatic rings. The van der Waals surface area contributed by atoms with Crippen LogP contribution in [0.3, 0.4) is 0 Å². The van der Waals surface area contributed by atoms with E-state index in [4.69, 9.17) is 18.9 Å². The second-order valence-corrected chi connectivity index (χ2v) is 9.47. The van der Waals surface area contributed by atoms with Crippen LogP contribution in [0.2, 0.25) is 0 Å². The summed E-state index contributed by atoms with van der Waals surface area (Å²) in [6.07, 6.45) is 4.18. The average molecular weight is 448 g/mol. The molecule has 9 heteroatoms. The summed E-state index contributed by atoms with van der Waals surface area (Å²) in [7, 11) is 0. The molecule has 1 amide bonds. The van der Waals surface area contributed by atoms with Gasteiger partial charge in [-0.25, -0.2) is 4.79 Å². The summed E-state index contributed by atoms with van der Waals surface area (Å²) < 4.78 is 20.7. The van der Waals surface area contributed by atoms with Crippen molar-refractivity contribution in [1.82, 2.24) is 5.32 Å². The lowest BCUT2D eigenvalue weighted by Gasteiger charge is -2.29. The fourth-order valence-corrected chi connectivity index (χ4v) is 4.33. The van der Waals surface area contributed by atoms with E-state index in [0.29, 0.717) is 30.3 Å². The summed E-state index contributed by atoms with van der Waals surface area (Å²) in [6, 6.07) is 0.201. The van der Waals surface area contributed by atoms with Gasteiger partial charge in [-0.3, -0.25) is 4.79 Å². The van der Waals surface area contributed by atoms with Crippen LogP contribution in [-0.2, 0) is 28.5 Å². The van der Waals surface area contributed by atoms with Crippen molar-refractivity contribution in [2.45, 2.75) is 75.8 Å². The lowest BCUT2D eigenvalue weighted by molar-refractivity contribution is -0.146. The lowest BCUT2D eigenvalue weighted by Crippen LogP contribution is -2.39. The Labute approximate surface area is 184 Å². The van der Waals surface area contributed by atoms with Gasteiger partial charge in [0.2, 0.25) is 0 Å². The molecule has 0 radical (unpaired) electrons. The standard InChI is InChI=1S/C21H37NO7S/c1-16(2)30-19-7-5-18(6-8-19)22-21(25)29-15-13-27-11-10-26-12-14-28-20(24)9-4-17(3)23/h16,18-19H,4-15H2,1-3H3,(H,22,25). The molecule has 30 heavy (non-hydrogen) atoms. The van der Waals surface area contributed by atoms with Crippen LogP contribution in [-0.4, -0.2) is 74.0 Å². The first-order chi connectivity index (χ1) is 14.4. The zero-order chi connectivity index (χ0) is 22.2. The molecular weight excluding hydrogens is 410 g/mol. The van der Waals surface area contributed by atoms with E-state index in [0.717, 1.165) is 25.7 Å². The Balaban J connectivity index is 1.88. The number of hydrogen-bond acceptors (Lipinski definition) is 8. The van der Waals surface area contributed by atoms with E-state index in [1.807, 2.05) is 11.8 Å². The van der Waals surface area contributed by atoms with Gasteiger partial charge in [0.05, 0.1) is 32.8 Å². The number of alkyl carbamates (subject to hydrolysis) is 1. The number of thioether (sulfide) groups is 1. The maximum Gasteiger partial charge on any atom is 0.407 e. The fraction of sp³-hybridized carbons (Fsp3) is 0.857. The van der Waals surface area contributed by atoms with Crippen LogP contribution < -0.4 is 5.32 Å². The second-order valence-electron chi connectivity index (χ2n) is 7.59. The highest BCUT2D eigenvalue weighted by Crippen LogP contribution is 2.31. The van der Waals surface area contributed by atoms with Gasteiger partial charge in [-0.1, -0.05) is 13.8 Å². The molecule has 1 fully saturated rings. The third-order valence-electron chi connectivity index (χ3n) is 4.47. The highest BCUT2D eigenvalue weighted by atomic mass is 32.2. The maximum atomic E-state index is 11.8. The fourth-order valence-electron chi connectivity index (χ4n) is 3.02. The zero-order valence-electron chi connectivity index (χ0n) is 18.5. The second kappa shape index (κ2) is 16.4. The molecule has 1 aliphatic carbocycles. The number of nitrogens with one attached hydrogen (secondary N) is 1. The van der Waals surface area contributed by atoms with Gasteiger partial charge >= 0.3 is 12.1 Å². The Bertz CT molecular complexity index is 508. The van der Waals surface area contributed by atoms with Crippen molar-refractivity contribution in [3.63, 3.8) is 0 Å². The van der Waals surface area contributed by atoms with Crippen molar-refractivity contribution in [3.05, 3.63) is 0 Å². The smallest absolute Gasteiger partial charge is 0.407 e. The molecule has 0 atom stereocenters. The van der Waals surface area contributed by atoms with E-state index in [9.17, 15) is 14.4 Å². The minimum Gasteiger partial charge on any atom is -0.463 e. The Morgan fingerprint density at radius 3 is 2.00 bits per heavy atom. The number of amides is 1. The predicted molar refractivity (Wildman–Crippen MR) is 116 cm³/mol. The van der Waals surface area contributed by atoms with E-state index < -0.39 is 5.97 Å². The molecule has 0 unspecified atom stereocenters. The Morgan fingerprint density at radius 1 is 0.867 bits per heavy atom. The van der Waals surface area contributed by atoms with Crippen molar-refractivity contribution in [3.8, 4) is 0 Å². The van der Waals surface area contributed by atoms with Gasteiger partial charge in [0.1, 0.15) is 19.0 Å². The first-order valence-corrected chi connectivity index (χ1v) is 11.7. The number of Topliss-reactive ketones (excluding diaryl/α,β-unsaturated/α-hetero) is 1. The number of carbonyl (C=O) groups is 3. The Hall–Kier alpha value is -1.32. The van der Waals surface area contributed by atoms with Crippen molar-refractivity contribution in [2.75, 3.05) is 39.6 Å². The van der Waals surface area contributed by atoms with Crippen LogP contribution in [0.4, 0.5) is 4.79 Å². The molecule has 1 aliphatic rings.